The van der Waals surface area contributed by atoms with E-state index in [0.717, 1.165) is 32.5 Å². The monoisotopic (exact) mass is 318 g/mol. The molecule has 2 rings (SSSR count). The third-order valence-electron chi connectivity index (χ3n) is 3.30. The molecule has 1 atom stereocenters. The minimum absolute atomic E-state index is 0. The van der Waals surface area contributed by atoms with Crippen LogP contribution in [0, 0.1) is 5.92 Å². The van der Waals surface area contributed by atoms with Gasteiger partial charge in [0.2, 0.25) is 5.91 Å². The van der Waals surface area contributed by atoms with Gasteiger partial charge in [-0.3, -0.25) is 4.79 Å². The number of piperidine rings is 1. The zero-order valence-corrected chi connectivity index (χ0v) is 12.8. The third kappa shape index (κ3) is 4.90. The number of aromatic nitrogens is 1. The van der Waals surface area contributed by atoms with Crippen molar-refractivity contribution in [3.8, 4) is 0 Å². The molecule has 0 spiro atoms. The van der Waals surface area contributed by atoms with Gasteiger partial charge in [0.05, 0.1) is 10.9 Å². The molecule has 7 heteroatoms. The van der Waals surface area contributed by atoms with Crippen LogP contribution in [0.3, 0.4) is 0 Å². The Kier molecular flexibility index (Phi) is 7.23. The molecular weight excluding hydrogens is 299 g/mol. The Labute approximate surface area is 130 Å². The lowest BCUT2D eigenvalue weighted by Crippen LogP contribution is -2.42. The number of nitrogens with one attached hydrogen (secondary N) is 1. The topological polar surface area (TPSA) is 71.2 Å². The first-order chi connectivity index (χ1) is 9.19. The van der Waals surface area contributed by atoms with Gasteiger partial charge in [0.25, 0.3) is 0 Å². The normalized spacial score (nSPS) is 19.2. The van der Waals surface area contributed by atoms with Crippen molar-refractivity contribution < 1.29 is 4.79 Å². The number of carbonyl (C=O) groups is 1. The Morgan fingerprint density at radius 3 is 3.00 bits per heavy atom. The maximum atomic E-state index is 12.2. The minimum atomic E-state index is 0. The highest BCUT2D eigenvalue weighted by molar-refractivity contribution is 6.30. The number of nitrogens with zero attached hydrogens (tertiary/aromatic N) is 2. The molecule has 0 aromatic carbocycles. The predicted octanol–water partition coefficient (Wildman–Crippen LogP) is 1.77. The van der Waals surface area contributed by atoms with Crippen LogP contribution in [0.5, 0.6) is 0 Å². The fourth-order valence-corrected chi connectivity index (χ4v) is 2.45. The Bertz CT molecular complexity index is 425. The van der Waals surface area contributed by atoms with E-state index in [2.05, 4.69) is 15.2 Å². The summed E-state index contributed by atoms with van der Waals surface area (Å²) in [4.78, 5) is 18.5. The molecule has 1 aliphatic heterocycles. The molecule has 1 unspecified atom stereocenters. The summed E-state index contributed by atoms with van der Waals surface area (Å²) in [6, 6.07) is 3.42. The highest BCUT2D eigenvalue weighted by Crippen LogP contribution is 2.18. The van der Waals surface area contributed by atoms with Gasteiger partial charge < -0.3 is 16.0 Å². The van der Waals surface area contributed by atoms with Crippen LogP contribution in [0.1, 0.15) is 12.8 Å². The number of rotatable bonds is 4. The summed E-state index contributed by atoms with van der Waals surface area (Å²) < 4.78 is 0. The van der Waals surface area contributed by atoms with Gasteiger partial charge in [-0.15, -0.1) is 12.4 Å². The van der Waals surface area contributed by atoms with E-state index in [1.807, 2.05) is 0 Å². The van der Waals surface area contributed by atoms with Crippen molar-refractivity contribution in [1.29, 1.82) is 0 Å². The summed E-state index contributed by atoms with van der Waals surface area (Å²) in [6.45, 7) is 3.28. The largest absolute Gasteiger partial charge is 0.329 e. The van der Waals surface area contributed by atoms with E-state index < -0.39 is 0 Å². The maximum Gasteiger partial charge on any atom is 0.229 e. The molecule has 1 saturated heterocycles. The van der Waals surface area contributed by atoms with Crippen LogP contribution in [-0.4, -0.2) is 42.0 Å². The van der Waals surface area contributed by atoms with Crippen molar-refractivity contribution in [1.82, 2.24) is 9.88 Å². The van der Waals surface area contributed by atoms with Crippen LogP contribution < -0.4 is 11.1 Å². The Balaban J connectivity index is 0.00000200. The molecule has 2 heterocycles. The van der Waals surface area contributed by atoms with Gasteiger partial charge in [-0.25, -0.2) is 4.98 Å². The van der Waals surface area contributed by atoms with Gasteiger partial charge in [-0.2, -0.15) is 0 Å². The number of anilines is 1. The lowest BCUT2D eigenvalue weighted by atomic mass is 9.97. The Morgan fingerprint density at radius 1 is 1.55 bits per heavy atom. The number of hydrogen-bond donors (Lipinski definition) is 2. The number of hydrogen-bond acceptors (Lipinski definition) is 4. The number of halogens is 2. The van der Waals surface area contributed by atoms with Gasteiger partial charge in [0.15, 0.2) is 0 Å². The molecule has 5 nitrogen and oxygen atoms in total. The lowest BCUT2D eigenvalue weighted by molar-refractivity contribution is -0.121. The summed E-state index contributed by atoms with van der Waals surface area (Å²) in [5, 5.41) is 3.39. The molecular formula is C13H20Cl2N4O. The number of carbonyl (C=O) groups excluding carboxylic acids is 1. The van der Waals surface area contributed by atoms with Crippen LogP contribution in [0.2, 0.25) is 5.02 Å². The molecule has 1 aromatic rings. The van der Waals surface area contributed by atoms with E-state index in [1.54, 1.807) is 12.1 Å². The minimum Gasteiger partial charge on any atom is -0.329 e. The second-order valence-corrected chi connectivity index (χ2v) is 5.22. The molecule has 0 bridgehead atoms. The summed E-state index contributed by atoms with van der Waals surface area (Å²) in [5.74, 6) is 0.583. The summed E-state index contributed by atoms with van der Waals surface area (Å²) >= 11 is 5.76. The van der Waals surface area contributed by atoms with Crippen molar-refractivity contribution in [2.75, 3.05) is 31.5 Å². The molecule has 3 N–H and O–H groups in total. The summed E-state index contributed by atoms with van der Waals surface area (Å²) in [7, 11) is 0. The Morgan fingerprint density at radius 2 is 2.35 bits per heavy atom. The molecule has 1 amide bonds. The lowest BCUT2D eigenvalue weighted by Gasteiger charge is -2.31. The average Bonchev–Trinajstić information content (AvgIpc) is 2.42. The van der Waals surface area contributed by atoms with Crippen molar-refractivity contribution in [2.45, 2.75) is 12.8 Å². The average molecular weight is 319 g/mol. The van der Waals surface area contributed by atoms with Gasteiger partial charge in [-0.05, 0) is 31.5 Å². The number of pyridine rings is 1. The molecule has 20 heavy (non-hydrogen) atoms. The molecule has 1 aliphatic rings. The van der Waals surface area contributed by atoms with E-state index in [-0.39, 0.29) is 24.2 Å². The number of likely N-dealkylation sites (tertiary alicyclic amines) is 1. The highest BCUT2D eigenvalue weighted by Gasteiger charge is 2.25. The molecule has 1 aromatic heterocycles. The van der Waals surface area contributed by atoms with Gasteiger partial charge in [0, 0.05) is 25.8 Å². The molecule has 112 valence electrons. The van der Waals surface area contributed by atoms with E-state index in [0.29, 0.717) is 17.4 Å². The summed E-state index contributed by atoms with van der Waals surface area (Å²) in [6.07, 6.45) is 3.48. The van der Waals surface area contributed by atoms with Crippen LogP contribution in [0.4, 0.5) is 5.82 Å². The zero-order valence-electron chi connectivity index (χ0n) is 11.2. The fraction of sp³-hybridized carbons (Fsp3) is 0.538. The molecule has 0 radical (unpaired) electrons. The van der Waals surface area contributed by atoms with Crippen LogP contribution in [0.15, 0.2) is 18.3 Å². The first kappa shape index (κ1) is 17.2. The van der Waals surface area contributed by atoms with Crippen LogP contribution in [0.25, 0.3) is 0 Å². The van der Waals surface area contributed by atoms with Crippen molar-refractivity contribution in [2.24, 2.45) is 11.7 Å². The van der Waals surface area contributed by atoms with Gasteiger partial charge >= 0.3 is 0 Å². The highest BCUT2D eigenvalue weighted by atomic mass is 35.5. The Hall–Kier alpha value is -0.880. The van der Waals surface area contributed by atoms with Crippen molar-refractivity contribution >= 4 is 35.7 Å². The fourth-order valence-electron chi connectivity index (χ4n) is 2.33. The van der Waals surface area contributed by atoms with E-state index >= 15 is 0 Å². The molecule has 1 fully saturated rings. The van der Waals surface area contributed by atoms with Crippen LogP contribution >= 0.6 is 24.0 Å². The first-order valence-electron chi connectivity index (χ1n) is 6.54. The maximum absolute atomic E-state index is 12.2. The first-order valence-corrected chi connectivity index (χ1v) is 6.91. The van der Waals surface area contributed by atoms with Crippen LogP contribution in [-0.2, 0) is 4.79 Å². The number of nitrogens with two attached hydrogens (primary N) is 1. The predicted molar refractivity (Wildman–Crippen MR) is 83.3 cm³/mol. The standard InChI is InChI=1S/C13H19ClN4O.ClH/c14-11-3-4-12(16-8-11)17-13(19)10-2-1-6-18(9-10)7-5-15;/h3-4,8,10H,1-2,5-7,9,15H2,(H,16,17,19);1H. The van der Waals surface area contributed by atoms with Crippen molar-refractivity contribution in [3.05, 3.63) is 23.4 Å². The SMILES string of the molecule is Cl.NCCN1CCCC(C(=O)Nc2ccc(Cl)cn2)C1. The van der Waals surface area contributed by atoms with Gasteiger partial charge in [-0.1, -0.05) is 11.6 Å². The second-order valence-electron chi connectivity index (χ2n) is 4.78. The van der Waals surface area contributed by atoms with Gasteiger partial charge in [0.1, 0.15) is 5.82 Å². The number of amides is 1. The second kappa shape index (κ2) is 8.42. The van der Waals surface area contributed by atoms with E-state index in [1.165, 1.54) is 6.20 Å². The molecule has 0 aliphatic carbocycles. The zero-order chi connectivity index (χ0) is 13.7. The van der Waals surface area contributed by atoms with Crippen molar-refractivity contribution in [3.63, 3.8) is 0 Å². The van der Waals surface area contributed by atoms with E-state index in [9.17, 15) is 4.79 Å². The third-order valence-corrected chi connectivity index (χ3v) is 3.52. The quantitative estimate of drug-likeness (QED) is 0.887. The molecule has 0 saturated carbocycles. The van der Waals surface area contributed by atoms with E-state index in [4.69, 9.17) is 17.3 Å². The smallest absolute Gasteiger partial charge is 0.229 e. The summed E-state index contributed by atoms with van der Waals surface area (Å²) in [5.41, 5.74) is 5.55.